The van der Waals surface area contributed by atoms with Crippen LogP contribution in [0.2, 0.25) is 0 Å². The maximum absolute atomic E-state index is 11.6. The lowest BCUT2D eigenvalue weighted by Crippen LogP contribution is -2.35. The summed E-state index contributed by atoms with van der Waals surface area (Å²) in [6.45, 7) is 5.49. The summed E-state index contributed by atoms with van der Waals surface area (Å²) in [5, 5.41) is 0. The van der Waals surface area contributed by atoms with Crippen LogP contribution >= 0.6 is 0 Å². The third kappa shape index (κ3) is 3.46. The standard InChI is InChI=1S/C10H18O4/c1-5-14-9(12)10(2,3)8(11)6-7-13-4/h5-7H2,1-4H3. The van der Waals surface area contributed by atoms with Crippen LogP contribution in [-0.4, -0.2) is 32.1 Å². The first-order valence-corrected chi connectivity index (χ1v) is 4.66. The summed E-state index contributed by atoms with van der Waals surface area (Å²) in [6, 6.07) is 0. The monoisotopic (exact) mass is 202 g/mol. The highest BCUT2D eigenvalue weighted by atomic mass is 16.5. The molecule has 82 valence electrons. The van der Waals surface area contributed by atoms with E-state index in [1.165, 1.54) is 7.11 Å². The molecule has 4 heteroatoms. The lowest BCUT2D eigenvalue weighted by molar-refractivity contribution is -0.158. The van der Waals surface area contributed by atoms with Crippen molar-refractivity contribution >= 4 is 11.8 Å². The fourth-order valence-corrected chi connectivity index (χ4v) is 0.933. The number of methoxy groups -OCH3 is 1. The van der Waals surface area contributed by atoms with E-state index in [0.717, 1.165) is 0 Å². The van der Waals surface area contributed by atoms with Crippen LogP contribution in [0.5, 0.6) is 0 Å². The van der Waals surface area contributed by atoms with Gasteiger partial charge in [0.1, 0.15) is 5.41 Å². The Balaban J connectivity index is 4.28. The molecule has 0 aromatic carbocycles. The number of carbonyl (C=O) groups excluding carboxylic acids is 2. The molecule has 0 amide bonds. The minimum atomic E-state index is -1.06. The van der Waals surface area contributed by atoms with Gasteiger partial charge < -0.3 is 9.47 Å². The summed E-state index contributed by atoms with van der Waals surface area (Å²) in [4.78, 5) is 22.9. The van der Waals surface area contributed by atoms with Gasteiger partial charge >= 0.3 is 5.97 Å². The van der Waals surface area contributed by atoms with Crippen LogP contribution in [0.4, 0.5) is 0 Å². The normalized spacial score (nSPS) is 11.1. The minimum absolute atomic E-state index is 0.155. The van der Waals surface area contributed by atoms with Crippen molar-refractivity contribution in [2.24, 2.45) is 5.41 Å². The molecule has 0 unspecified atom stereocenters. The summed E-state index contributed by atoms with van der Waals surface area (Å²) in [5.41, 5.74) is -1.06. The minimum Gasteiger partial charge on any atom is -0.465 e. The molecule has 4 nitrogen and oxygen atoms in total. The number of esters is 1. The van der Waals surface area contributed by atoms with Gasteiger partial charge in [0.15, 0.2) is 5.78 Å². The predicted octanol–water partition coefficient (Wildman–Crippen LogP) is 1.18. The first-order valence-electron chi connectivity index (χ1n) is 4.66. The molecule has 0 aromatic rings. The first-order chi connectivity index (χ1) is 6.46. The zero-order valence-electron chi connectivity index (χ0n) is 9.25. The van der Waals surface area contributed by atoms with Gasteiger partial charge in [-0.05, 0) is 20.8 Å². The second-order valence-corrected chi connectivity index (χ2v) is 3.51. The van der Waals surface area contributed by atoms with Crippen molar-refractivity contribution in [3.8, 4) is 0 Å². The summed E-state index contributed by atoms with van der Waals surface area (Å²) >= 11 is 0. The maximum atomic E-state index is 11.6. The number of carbonyl (C=O) groups is 2. The van der Waals surface area contributed by atoms with E-state index in [2.05, 4.69) is 0 Å². The first kappa shape index (κ1) is 13.1. The molecular formula is C10H18O4. The van der Waals surface area contributed by atoms with Crippen molar-refractivity contribution in [3.05, 3.63) is 0 Å². The summed E-state index contributed by atoms with van der Waals surface area (Å²) in [5.74, 6) is -0.626. The molecule has 0 rings (SSSR count). The lowest BCUT2D eigenvalue weighted by atomic mass is 9.86. The average molecular weight is 202 g/mol. The Morgan fingerprint density at radius 3 is 2.29 bits per heavy atom. The molecule has 0 atom stereocenters. The van der Waals surface area contributed by atoms with Gasteiger partial charge in [0, 0.05) is 13.5 Å². The molecular weight excluding hydrogens is 184 g/mol. The Morgan fingerprint density at radius 1 is 1.29 bits per heavy atom. The molecule has 0 bridgehead atoms. The van der Waals surface area contributed by atoms with Crippen LogP contribution in [0.15, 0.2) is 0 Å². The number of rotatable bonds is 6. The molecule has 0 heterocycles. The van der Waals surface area contributed by atoms with Crippen molar-refractivity contribution in [2.75, 3.05) is 20.3 Å². The highest BCUT2D eigenvalue weighted by Crippen LogP contribution is 2.20. The Kier molecular flexibility index (Phi) is 5.38. The number of hydrogen-bond acceptors (Lipinski definition) is 4. The molecule has 0 N–H and O–H groups in total. The third-order valence-corrected chi connectivity index (χ3v) is 2.02. The van der Waals surface area contributed by atoms with Crippen molar-refractivity contribution < 1.29 is 19.1 Å². The maximum Gasteiger partial charge on any atom is 0.319 e. The van der Waals surface area contributed by atoms with Gasteiger partial charge in [0.2, 0.25) is 0 Å². The molecule has 0 aliphatic carbocycles. The fourth-order valence-electron chi connectivity index (χ4n) is 0.933. The molecule has 0 spiro atoms. The van der Waals surface area contributed by atoms with Crippen LogP contribution in [0.1, 0.15) is 27.2 Å². The molecule has 0 radical (unpaired) electrons. The summed E-state index contributed by atoms with van der Waals surface area (Å²) in [7, 11) is 1.52. The highest BCUT2D eigenvalue weighted by Gasteiger charge is 2.36. The summed E-state index contributed by atoms with van der Waals surface area (Å²) < 4.78 is 9.58. The molecule has 0 saturated heterocycles. The van der Waals surface area contributed by atoms with E-state index in [-0.39, 0.29) is 12.2 Å². The largest absolute Gasteiger partial charge is 0.465 e. The zero-order chi connectivity index (χ0) is 11.2. The van der Waals surface area contributed by atoms with Gasteiger partial charge in [-0.1, -0.05) is 0 Å². The number of ketones is 1. The van der Waals surface area contributed by atoms with Crippen LogP contribution < -0.4 is 0 Å². The number of hydrogen-bond donors (Lipinski definition) is 0. The van der Waals surface area contributed by atoms with Gasteiger partial charge in [0.05, 0.1) is 13.2 Å². The number of ether oxygens (including phenoxy) is 2. The van der Waals surface area contributed by atoms with Crippen molar-refractivity contribution in [1.82, 2.24) is 0 Å². The van der Waals surface area contributed by atoms with Gasteiger partial charge in [-0.25, -0.2) is 0 Å². The Morgan fingerprint density at radius 2 is 1.86 bits per heavy atom. The van der Waals surface area contributed by atoms with Gasteiger partial charge in [-0.15, -0.1) is 0 Å². The quantitative estimate of drug-likeness (QED) is 0.479. The topological polar surface area (TPSA) is 52.6 Å². The van der Waals surface area contributed by atoms with Crippen molar-refractivity contribution in [2.45, 2.75) is 27.2 Å². The van der Waals surface area contributed by atoms with Crippen LogP contribution in [-0.2, 0) is 19.1 Å². The average Bonchev–Trinajstić information content (AvgIpc) is 2.14. The van der Waals surface area contributed by atoms with Crippen molar-refractivity contribution in [1.29, 1.82) is 0 Å². The SMILES string of the molecule is CCOC(=O)C(C)(C)C(=O)CCOC. The van der Waals surface area contributed by atoms with Gasteiger partial charge in [0.25, 0.3) is 0 Å². The van der Waals surface area contributed by atoms with Crippen molar-refractivity contribution in [3.63, 3.8) is 0 Å². The van der Waals surface area contributed by atoms with E-state index >= 15 is 0 Å². The fraction of sp³-hybridized carbons (Fsp3) is 0.800. The predicted molar refractivity (Wildman–Crippen MR) is 51.9 cm³/mol. The second-order valence-electron chi connectivity index (χ2n) is 3.51. The number of Topliss-reactive ketones (excluding diaryl/α,β-unsaturated/α-hetero) is 1. The third-order valence-electron chi connectivity index (χ3n) is 2.02. The van der Waals surface area contributed by atoms with E-state index in [0.29, 0.717) is 13.2 Å². The molecule has 14 heavy (non-hydrogen) atoms. The van der Waals surface area contributed by atoms with Crippen LogP contribution in [0.3, 0.4) is 0 Å². The molecule has 0 aliphatic heterocycles. The highest BCUT2D eigenvalue weighted by molar-refractivity contribution is 6.02. The van der Waals surface area contributed by atoms with Crippen LogP contribution in [0.25, 0.3) is 0 Å². The Bertz CT molecular complexity index is 208. The molecule has 0 aliphatic rings. The Labute approximate surface area is 84.6 Å². The van der Waals surface area contributed by atoms with E-state index < -0.39 is 11.4 Å². The Hall–Kier alpha value is -0.900. The smallest absolute Gasteiger partial charge is 0.319 e. The molecule has 0 fully saturated rings. The van der Waals surface area contributed by atoms with E-state index in [1.807, 2.05) is 0 Å². The van der Waals surface area contributed by atoms with Crippen LogP contribution in [0, 0.1) is 5.41 Å². The van der Waals surface area contributed by atoms with E-state index in [9.17, 15) is 9.59 Å². The molecule has 0 saturated carbocycles. The zero-order valence-corrected chi connectivity index (χ0v) is 9.25. The lowest BCUT2D eigenvalue weighted by Gasteiger charge is -2.20. The second kappa shape index (κ2) is 5.75. The molecule has 0 aromatic heterocycles. The summed E-state index contributed by atoms with van der Waals surface area (Å²) in [6.07, 6.45) is 0.238. The van der Waals surface area contributed by atoms with Gasteiger partial charge in [-0.2, -0.15) is 0 Å². The van der Waals surface area contributed by atoms with E-state index in [4.69, 9.17) is 9.47 Å². The van der Waals surface area contributed by atoms with E-state index in [1.54, 1.807) is 20.8 Å². The van der Waals surface area contributed by atoms with Gasteiger partial charge in [-0.3, -0.25) is 9.59 Å².